The molecule has 0 unspecified atom stereocenters. The van der Waals surface area contributed by atoms with Gasteiger partial charge in [0.25, 0.3) is 5.56 Å². The second-order valence-corrected chi connectivity index (χ2v) is 8.06. The first kappa shape index (κ1) is 20.6. The Balaban J connectivity index is 0.00000218. The second-order valence-electron chi connectivity index (χ2n) is 8.06. The molecular weight excluding hydrogens is 410 g/mol. The molecule has 2 aliphatic heterocycles. The Labute approximate surface area is 179 Å². The maximum Gasteiger partial charge on any atom is 0.345 e. The van der Waals surface area contributed by atoms with Gasteiger partial charge in [0.05, 0.1) is 12.3 Å². The van der Waals surface area contributed by atoms with Crippen molar-refractivity contribution < 1.29 is 19.7 Å². The molecule has 160 valence electrons. The number of aromatic hydroxyl groups is 1. The standard InChI is InChI=1S/C21H23N3O5.ClH/c25-19-13-5-6-29-16-7-11(23-15-4-1-10-8-22-9-14(10)15)2-3-12(16)18(13)24-20(26)17(19)21(27)28;/h2-3,7,10,14-15,22-23H,1,4-6,8-9H2,(H,27,28)(H2,24,25,26);1H/t10-,14+,15+;/m0./s1. The first-order valence-electron chi connectivity index (χ1n) is 9.99. The van der Waals surface area contributed by atoms with Crippen LogP contribution in [-0.4, -0.2) is 46.9 Å². The number of aromatic amines is 1. The molecule has 30 heavy (non-hydrogen) atoms. The van der Waals surface area contributed by atoms with E-state index >= 15 is 0 Å². The van der Waals surface area contributed by atoms with Gasteiger partial charge >= 0.3 is 5.97 Å². The molecule has 1 aromatic carbocycles. The van der Waals surface area contributed by atoms with Gasteiger partial charge in [-0.1, -0.05) is 0 Å². The fourth-order valence-electron chi connectivity index (χ4n) is 5.04. The van der Waals surface area contributed by atoms with Crippen LogP contribution in [0.25, 0.3) is 11.3 Å². The van der Waals surface area contributed by atoms with E-state index in [9.17, 15) is 19.8 Å². The van der Waals surface area contributed by atoms with Crippen LogP contribution < -0.4 is 20.9 Å². The molecule has 3 atom stereocenters. The van der Waals surface area contributed by atoms with E-state index in [2.05, 4.69) is 15.6 Å². The lowest BCUT2D eigenvalue weighted by atomic mass is 9.97. The van der Waals surface area contributed by atoms with E-state index in [1.807, 2.05) is 18.2 Å². The van der Waals surface area contributed by atoms with Crippen LogP contribution in [0.5, 0.6) is 11.5 Å². The van der Waals surface area contributed by atoms with Crippen LogP contribution in [0.3, 0.4) is 0 Å². The molecule has 8 nitrogen and oxygen atoms in total. The molecule has 0 radical (unpaired) electrons. The van der Waals surface area contributed by atoms with Gasteiger partial charge in [-0.05, 0) is 43.4 Å². The van der Waals surface area contributed by atoms with Gasteiger partial charge in [0, 0.05) is 41.9 Å². The quantitative estimate of drug-likeness (QED) is 0.502. The summed E-state index contributed by atoms with van der Waals surface area (Å²) in [5.41, 5.74) is 0.938. The van der Waals surface area contributed by atoms with Crippen LogP contribution in [0.1, 0.15) is 28.8 Å². The first-order chi connectivity index (χ1) is 14.0. The van der Waals surface area contributed by atoms with Gasteiger partial charge in [0.2, 0.25) is 0 Å². The highest BCUT2D eigenvalue weighted by Gasteiger charge is 2.39. The number of carboxylic acid groups (broad SMARTS) is 1. The zero-order chi connectivity index (χ0) is 20.1. The van der Waals surface area contributed by atoms with Crippen molar-refractivity contribution in [2.45, 2.75) is 25.3 Å². The Bertz CT molecular complexity index is 1050. The molecule has 1 saturated carbocycles. The topological polar surface area (TPSA) is 124 Å². The minimum absolute atomic E-state index is 0. The molecule has 3 aliphatic rings. The molecule has 9 heteroatoms. The van der Waals surface area contributed by atoms with Crippen molar-refractivity contribution in [3.63, 3.8) is 0 Å². The number of H-pyrrole nitrogens is 1. The molecule has 1 aromatic heterocycles. The summed E-state index contributed by atoms with van der Waals surface area (Å²) in [6.45, 7) is 2.42. The molecule has 2 aromatic rings. The van der Waals surface area contributed by atoms with Crippen LogP contribution in [0.15, 0.2) is 23.0 Å². The Kier molecular flexibility index (Phi) is 5.38. The minimum Gasteiger partial charge on any atom is -0.506 e. The lowest BCUT2D eigenvalue weighted by Crippen LogP contribution is -2.28. The van der Waals surface area contributed by atoms with Gasteiger partial charge in [-0.3, -0.25) is 4.79 Å². The Hall–Kier alpha value is -2.71. The van der Waals surface area contributed by atoms with E-state index < -0.39 is 22.8 Å². The number of benzene rings is 1. The lowest BCUT2D eigenvalue weighted by molar-refractivity contribution is 0.0691. The van der Waals surface area contributed by atoms with Crippen LogP contribution in [0, 0.1) is 11.8 Å². The van der Waals surface area contributed by atoms with Gasteiger partial charge < -0.3 is 30.6 Å². The minimum atomic E-state index is -1.45. The van der Waals surface area contributed by atoms with Gasteiger partial charge in [0.15, 0.2) is 5.56 Å². The number of aromatic nitrogens is 1. The summed E-state index contributed by atoms with van der Waals surface area (Å²) < 4.78 is 5.89. The molecular formula is C21H24ClN3O5. The highest BCUT2D eigenvalue weighted by atomic mass is 35.5. The summed E-state index contributed by atoms with van der Waals surface area (Å²) in [6, 6.07) is 6.12. The van der Waals surface area contributed by atoms with Crippen molar-refractivity contribution in [2.75, 3.05) is 25.0 Å². The average Bonchev–Trinajstić information content (AvgIpc) is 3.23. The number of pyridine rings is 1. The highest BCUT2D eigenvalue weighted by Crippen LogP contribution is 2.40. The molecule has 0 amide bonds. The van der Waals surface area contributed by atoms with Crippen LogP contribution in [-0.2, 0) is 6.42 Å². The highest BCUT2D eigenvalue weighted by molar-refractivity contribution is 5.92. The third-order valence-corrected chi connectivity index (χ3v) is 6.47. The van der Waals surface area contributed by atoms with Crippen molar-refractivity contribution in [2.24, 2.45) is 11.8 Å². The van der Waals surface area contributed by atoms with Crippen molar-refractivity contribution in [3.8, 4) is 22.8 Å². The predicted molar refractivity (Wildman–Crippen MR) is 114 cm³/mol. The summed E-state index contributed by atoms with van der Waals surface area (Å²) in [6.07, 6.45) is 2.68. The van der Waals surface area contributed by atoms with Gasteiger partial charge in [-0.25, -0.2) is 4.79 Å². The smallest absolute Gasteiger partial charge is 0.345 e. The zero-order valence-electron chi connectivity index (χ0n) is 16.2. The van der Waals surface area contributed by atoms with E-state index in [0.29, 0.717) is 41.0 Å². The Morgan fingerprint density at radius 3 is 2.87 bits per heavy atom. The number of carbonyl (C=O) groups is 1. The van der Waals surface area contributed by atoms with E-state index in [0.717, 1.165) is 31.1 Å². The Morgan fingerprint density at radius 2 is 2.07 bits per heavy atom. The first-order valence-corrected chi connectivity index (χ1v) is 9.99. The summed E-state index contributed by atoms with van der Waals surface area (Å²) in [5, 5.41) is 26.7. The van der Waals surface area contributed by atoms with Crippen molar-refractivity contribution in [1.29, 1.82) is 0 Å². The number of ether oxygens (including phenoxy) is 1. The normalized spacial score (nSPS) is 23.9. The number of hydrogen-bond acceptors (Lipinski definition) is 6. The third kappa shape index (κ3) is 3.30. The van der Waals surface area contributed by atoms with E-state index in [4.69, 9.17) is 4.74 Å². The molecule has 5 rings (SSSR count). The summed E-state index contributed by atoms with van der Waals surface area (Å²) in [7, 11) is 0. The number of fused-ring (bicyclic) bond motifs is 4. The number of aromatic carboxylic acids is 1. The summed E-state index contributed by atoms with van der Waals surface area (Å²) in [4.78, 5) is 26.2. The molecule has 3 heterocycles. The van der Waals surface area contributed by atoms with Crippen LogP contribution in [0.2, 0.25) is 0 Å². The zero-order valence-corrected chi connectivity index (χ0v) is 17.1. The van der Waals surface area contributed by atoms with E-state index in [1.54, 1.807) is 0 Å². The molecule has 1 aliphatic carbocycles. The van der Waals surface area contributed by atoms with Gasteiger partial charge in [-0.15, -0.1) is 12.4 Å². The van der Waals surface area contributed by atoms with Crippen molar-refractivity contribution >= 4 is 24.1 Å². The SMILES string of the molecule is Cl.O=C(O)c1c(O)c2c([nH]c1=O)-c1ccc(N[C@@H]3CC[C@H]4CNC[C@H]43)cc1OCC2. The van der Waals surface area contributed by atoms with Crippen LogP contribution in [0.4, 0.5) is 5.69 Å². The molecule has 2 fully saturated rings. The van der Waals surface area contributed by atoms with Gasteiger partial charge in [-0.2, -0.15) is 0 Å². The molecule has 1 saturated heterocycles. The second kappa shape index (κ2) is 7.85. The number of anilines is 1. The average molecular weight is 434 g/mol. The lowest BCUT2D eigenvalue weighted by Gasteiger charge is -2.21. The number of hydrogen-bond donors (Lipinski definition) is 5. The maximum atomic E-state index is 12.2. The number of rotatable bonds is 3. The number of nitrogens with one attached hydrogen (secondary N) is 3. The molecule has 5 N–H and O–H groups in total. The fourth-order valence-corrected chi connectivity index (χ4v) is 5.04. The fraction of sp³-hybridized carbons (Fsp3) is 0.429. The predicted octanol–water partition coefficient (Wildman–Crippen LogP) is 2.21. The van der Waals surface area contributed by atoms with Crippen molar-refractivity contribution in [3.05, 3.63) is 39.7 Å². The largest absolute Gasteiger partial charge is 0.506 e. The van der Waals surface area contributed by atoms with E-state index in [-0.39, 0.29) is 19.0 Å². The Morgan fingerprint density at radius 1 is 1.23 bits per heavy atom. The monoisotopic (exact) mass is 433 g/mol. The van der Waals surface area contributed by atoms with Crippen molar-refractivity contribution in [1.82, 2.24) is 10.3 Å². The van der Waals surface area contributed by atoms with Crippen LogP contribution >= 0.6 is 12.4 Å². The third-order valence-electron chi connectivity index (χ3n) is 6.47. The number of halogens is 1. The summed E-state index contributed by atoms with van der Waals surface area (Å²) in [5.74, 6) is 0.0467. The van der Waals surface area contributed by atoms with E-state index in [1.165, 1.54) is 6.42 Å². The summed E-state index contributed by atoms with van der Waals surface area (Å²) >= 11 is 0. The molecule has 0 bridgehead atoms. The maximum absolute atomic E-state index is 12.2. The number of carboxylic acids is 1. The molecule has 0 spiro atoms. The van der Waals surface area contributed by atoms with Gasteiger partial charge in [0.1, 0.15) is 11.5 Å².